The average Bonchev–Trinajstić information content (AvgIpc) is 2.77. The lowest BCUT2D eigenvalue weighted by molar-refractivity contribution is -0.132. The van der Waals surface area contributed by atoms with Crippen molar-refractivity contribution < 1.29 is 14.3 Å². The van der Waals surface area contributed by atoms with Crippen LogP contribution in [0, 0.1) is 0 Å². The fourth-order valence-corrected chi connectivity index (χ4v) is 3.12. The van der Waals surface area contributed by atoms with E-state index in [1.807, 2.05) is 11.0 Å². The van der Waals surface area contributed by atoms with Crippen LogP contribution in [0.1, 0.15) is 10.4 Å². The van der Waals surface area contributed by atoms with Gasteiger partial charge >= 0.3 is 0 Å². The van der Waals surface area contributed by atoms with Crippen LogP contribution in [0.2, 0.25) is 0 Å². The lowest BCUT2D eigenvalue weighted by Crippen LogP contribution is -2.59. The molecule has 1 spiro atoms. The molecule has 124 valence electrons. The molecule has 0 aromatic carbocycles. The smallest absolute Gasteiger partial charge is 0.255 e. The topological polar surface area (TPSA) is 67.8 Å². The van der Waals surface area contributed by atoms with E-state index in [9.17, 15) is 4.79 Å². The van der Waals surface area contributed by atoms with Crippen molar-refractivity contribution in [2.45, 2.75) is 5.60 Å². The first-order chi connectivity index (χ1) is 11.2. The highest BCUT2D eigenvalue weighted by Gasteiger charge is 2.41. The molecule has 1 aromatic rings. The van der Waals surface area contributed by atoms with Gasteiger partial charge in [0.05, 0.1) is 44.3 Å². The Kier molecular flexibility index (Phi) is 5.00. The standard InChI is InChI=1S/C16H22N4O3/c1-2-5-19-6-8-22-13-16(11-19)12-20(7-9-23-16)15(21)14-3-4-17-18-10-14/h2-4,10H,1,5-9,11-13H2/t16-/m0/s1. The van der Waals surface area contributed by atoms with Gasteiger partial charge in [-0.2, -0.15) is 10.2 Å². The third-order valence-corrected chi connectivity index (χ3v) is 4.18. The van der Waals surface area contributed by atoms with Crippen molar-refractivity contribution in [1.82, 2.24) is 20.0 Å². The first-order valence-corrected chi connectivity index (χ1v) is 7.83. The second kappa shape index (κ2) is 7.16. The van der Waals surface area contributed by atoms with Gasteiger partial charge in [-0.25, -0.2) is 0 Å². The molecule has 2 aliphatic heterocycles. The molecular formula is C16H22N4O3. The van der Waals surface area contributed by atoms with Crippen molar-refractivity contribution in [3.05, 3.63) is 36.7 Å². The Hall–Kier alpha value is -1.83. The Morgan fingerprint density at radius 3 is 3.04 bits per heavy atom. The fraction of sp³-hybridized carbons (Fsp3) is 0.562. The second-order valence-electron chi connectivity index (χ2n) is 5.97. The molecule has 7 heteroatoms. The third kappa shape index (κ3) is 3.74. The van der Waals surface area contributed by atoms with Crippen molar-refractivity contribution in [2.24, 2.45) is 0 Å². The highest BCUT2D eigenvalue weighted by Crippen LogP contribution is 2.23. The minimum Gasteiger partial charge on any atom is -0.377 e. The maximum Gasteiger partial charge on any atom is 0.255 e. The van der Waals surface area contributed by atoms with Crippen LogP contribution in [0.25, 0.3) is 0 Å². The number of hydrogen-bond acceptors (Lipinski definition) is 6. The van der Waals surface area contributed by atoms with Crippen LogP contribution < -0.4 is 0 Å². The van der Waals surface area contributed by atoms with E-state index in [-0.39, 0.29) is 5.91 Å². The normalized spacial score (nSPS) is 26.0. The summed E-state index contributed by atoms with van der Waals surface area (Å²) in [5.41, 5.74) is 0.0722. The molecule has 0 saturated carbocycles. The number of aromatic nitrogens is 2. The van der Waals surface area contributed by atoms with Gasteiger partial charge in [0.2, 0.25) is 0 Å². The number of nitrogens with zero attached hydrogens (tertiary/aromatic N) is 4. The van der Waals surface area contributed by atoms with Gasteiger partial charge in [-0.15, -0.1) is 6.58 Å². The molecule has 23 heavy (non-hydrogen) atoms. The van der Waals surface area contributed by atoms with Gasteiger partial charge in [0.1, 0.15) is 5.60 Å². The third-order valence-electron chi connectivity index (χ3n) is 4.18. The number of morpholine rings is 1. The SMILES string of the molecule is C=CCN1CCOC[C@]2(C1)CN(C(=O)c1ccnnc1)CCO2. The van der Waals surface area contributed by atoms with Crippen molar-refractivity contribution in [3.63, 3.8) is 0 Å². The van der Waals surface area contributed by atoms with Gasteiger partial charge < -0.3 is 14.4 Å². The Morgan fingerprint density at radius 2 is 2.26 bits per heavy atom. The molecule has 2 aliphatic rings. The minimum absolute atomic E-state index is 0.0397. The van der Waals surface area contributed by atoms with Gasteiger partial charge in [-0.05, 0) is 6.07 Å². The summed E-state index contributed by atoms with van der Waals surface area (Å²) in [5, 5.41) is 7.50. The Bertz CT molecular complexity index is 554. The summed E-state index contributed by atoms with van der Waals surface area (Å²) in [5.74, 6) is -0.0397. The van der Waals surface area contributed by atoms with Gasteiger partial charge in [0, 0.05) is 26.2 Å². The van der Waals surface area contributed by atoms with Crippen LogP contribution in [-0.2, 0) is 9.47 Å². The molecule has 0 bridgehead atoms. The molecule has 0 N–H and O–H groups in total. The van der Waals surface area contributed by atoms with Crippen LogP contribution in [0.3, 0.4) is 0 Å². The van der Waals surface area contributed by atoms with E-state index >= 15 is 0 Å². The largest absolute Gasteiger partial charge is 0.377 e. The molecule has 1 atom stereocenters. The van der Waals surface area contributed by atoms with Crippen LogP contribution >= 0.6 is 0 Å². The lowest BCUT2D eigenvalue weighted by atomic mass is 10.0. The van der Waals surface area contributed by atoms with Crippen LogP contribution in [0.5, 0.6) is 0 Å². The second-order valence-corrected chi connectivity index (χ2v) is 5.97. The molecule has 7 nitrogen and oxygen atoms in total. The summed E-state index contributed by atoms with van der Waals surface area (Å²) in [6.45, 7) is 8.94. The zero-order valence-corrected chi connectivity index (χ0v) is 13.2. The summed E-state index contributed by atoms with van der Waals surface area (Å²) >= 11 is 0. The Labute approximate surface area is 135 Å². The van der Waals surface area contributed by atoms with Gasteiger partial charge in [-0.3, -0.25) is 9.69 Å². The van der Waals surface area contributed by atoms with Crippen molar-refractivity contribution >= 4 is 5.91 Å². The molecule has 0 aliphatic carbocycles. The average molecular weight is 318 g/mol. The molecule has 2 fully saturated rings. The quantitative estimate of drug-likeness (QED) is 0.742. The maximum atomic E-state index is 12.7. The summed E-state index contributed by atoms with van der Waals surface area (Å²) in [6.07, 6.45) is 4.91. The van der Waals surface area contributed by atoms with Crippen LogP contribution in [0.4, 0.5) is 0 Å². The highest BCUT2D eigenvalue weighted by molar-refractivity contribution is 5.93. The lowest BCUT2D eigenvalue weighted by Gasteiger charge is -2.43. The molecule has 1 amide bonds. The number of amides is 1. The summed E-state index contributed by atoms with van der Waals surface area (Å²) in [6, 6.07) is 1.69. The molecule has 0 radical (unpaired) electrons. The number of hydrogen-bond donors (Lipinski definition) is 0. The number of ether oxygens (including phenoxy) is 2. The summed E-state index contributed by atoms with van der Waals surface area (Å²) < 4.78 is 11.8. The summed E-state index contributed by atoms with van der Waals surface area (Å²) in [4.78, 5) is 16.7. The van der Waals surface area contributed by atoms with Gasteiger partial charge in [0.15, 0.2) is 0 Å². The number of carbonyl (C=O) groups is 1. The predicted molar refractivity (Wildman–Crippen MR) is 84.1 cm³/mol. The maximum absolute atomic E-state index is 12.7. The molecular weight excluding hydrogens is 296 g/mol. The van der Waals surface area contributed by atoms with Crippen LogP contribution in [-0.4, -0.2) is 84.0 Å². The molecule has 1 aromatic heterocycles. The Morgan fingerprint density at radius 1 is 1.35 bits per heavy atom. The molecule has 2 saturated heterocycles. The molecule has 3 rings (SSSR count). The van der Waals surface area contributed by atoms with E-state index in [0.29, 0.717) is 38.5 Å². The van der Waals surface area contributed by atoms with E-state index in [1.54, 1.807) is 6.07 Å². The highest BCUT2D eigenvalue weighted by atomic mass is 16.5. The van der Waals surface area contributed by atoms with Crippen LogP contribution in [0.15, 0.2) is 31.1 Å². The first-order valence-electron chi connectivity index (χ1n) is 7.83. The van der Waals surface area contributed by atoms with Crippen molar-refractivity contribution in [3.8, 4) is 0 Å². The minimum atomic E-state index is -0.478. The zero-order chi connectivity index (χ0) is 16.1. The fourth-order valence-electron chi connectivity index (χ4n) is 3.12. The molecule has 0 unspecified atom stereocenters. The monoisotopic (exact) mass is 318 g/mol. The van der Waals surface area contributed by atoms with E-state index in [2.05, 4.69) is 21.7 Å². The molecule has 3 heterocycles. The van der Waals surface area contributed by atoms with Gasteiger partial charge in [-0.1, -0.05) is 6.08 Å². The number of rotatable bonds is 3. The number of carbonyl (C=O) groups excluding carboxylic acids is 1. The van der Waals surface area contributed by atoms with E-state index in [0.717, 1.165) is 19.6 Å². The van der Waals surface area contributed by atoms with E-state index in [1.165, 1.54) is 12.4 Å². The van der Waals surface area contributed by atoms with E-state index < -0.39 is 5.60 Å². The first kappa shape index (κ1) is 16.0. The van der Waals surface area contributed by atoms with Crippen molar-refractivity contribution in [2.75, 3.05) is 52.5 Å². The zero-order valence-electron chi connectivity index (χ0n) is 13.2. The predicted octanol–water partition coefficient (Wildman–Crippen LogP) is 0.206. The van der Waals surface area contributed by atoms with Gasteiger partial charge in [0.25, 0.3) is 5.91 Å². The van der Waals surface area contributed by atoms with Crippen molar-refractivity contribution in [1.29, 1.82) is 0 Å². The van der Waals surface area contributed by atoms with E-state index in [4.69, 9.17) is 9.47 Å². The summed E-state index contributed by atoms with van der Waals surface area (Å²) in [7, 11) is 0. The Balaban J connectivity index is 1.73.